The Hall–Kier alpha value is -0.240. The molecule has 0 aromatic heterocycles. The Morgan fingerprint density at radius 1 is 1.14 bits per heavy atom. The van der Waals surface area contributed by atoms with Crippen molar-refractivity contribution in [2.24, 2.45) is 0 Å². The molecule has 0 saturated heterocycles. The molecule has 3 heteroatoms. The molecule has 84 valence electrons. The summed E-state index contributed by atoms with van der Waals surface area (Å²) in [6, 6.07) is 0. The highest BCUT2D eigenvalue weighted by atomic mass is 35.5. The Bertz CT molecular complexity index is 150. The van der Waals surface area contributed by atoms with Gasteiger partial charge in [-0.1, -0.05) is 26.7 Å². The summed E-state index contributed by atoms with van der Waals surface area (Å²) in [4.78, 5) is 13.6. The minimum atomic E-state index is 0.265. The SMILES string of the molecule is CCCCC(=O)N(CCCl)CCCC. The number of carbonyl (C=O) groups excluding carboxylic acids is 1. The van der Waals surface area contributed by atoms with Crippen molar-refractivity contribution < 1.29 is 4.79 Å². The van der Waals surface area contributed by atoms with Gasteiger partial charge in [-0.2, -0.15) is 0 Å². The standard InChI is InChI=1S/C11H22ClNO/c1-3-5-7-11(14)13(10-8-12)9-6-4-2/h3-10H2,1-2H3. The summed E-state index contributed by atoms with van der Waals surface area (Å²) in [6.07, 6.45) is 4.95. The van der Waals surface area contributed by atoms with E-state index in [-0.39, 0.29) is 5.91 Å². The quantitative estimate of drug-likeness (QED) is 0.575. The van der Waals surface area contributed by atoms with Gasteiger partial charge in [0.1, 0.15) is 0 Å². The third kappa shape index (κ3) is 6.25. The van der Waals surface area contributed by atoms with Crippen LogP contribution in [0.15, 0.2) is 0 Å². The Morgan fingerprint density at radius 3 is 2.29 bits per heavy atom. The average molecular weight is 220 g/mol. The van der Waals surface area contributed by atoms with Gasteiger partial charge in [0, 0.05) is 25.4 Å². The van der Waals surface area contributed by atoms with Gasteiger partial charge in [-0.25, -0.2) is 0 Å². The van der Waals surface area contributed by atoms with Crippen LogP contribution in [0, 0.1) is 0 Å². The lowest BCUT2D eigenvalue weighted by molar-refractivity contribution is -0.131. The van der Waals surface area contributed by atoms with Crippen molar-refractivity contribution in [2.45, 2.75) is 46.0 Å². The van der Waals surface area contributed by atoms with Crippen LogP contribution in [0.3, 0.4) is 0 Å². The first kappa shape index (κ1) is 13.8. The fourth-order valence-electron chi connectivity index (χ4n) is 1.30. The van der Waals surface area contributed by atoms with Crippen LogP contribution in [0.4, 0.5) is 0 Å². The lowest BCUT2D eigenvalue weighted by Crippen LogP contribution is -2.33. The molecule has 0 spiro atoms. The molecule has 0 aromatic carbocycles. The van der Waals surface area contributed by atoms with Crippen molar-refractivity contribution in [3.63, 3.8) is 0 Å². The molecule has 14 heavy (non-hydrogen) atoms. The van der Waals surface area contributed by atoms with Crippen molar-refractivity contribution in [2.75, 3.05) is 19.0 Å². The minimum absolute atomic E-state index is 0.265. The number of unbranched alkanes of at least 4 members (excludes halogenated alkanes) is 2. The second kappa shape index (κ2) is 9.32. The van der Waals surface area contributed by atoms with Crippen molar-refractivity contribution in [1.29, 1.82) is 0 Å². The average Bonchev–Trinajstić information content (AvgIpc) is 2.20. The molecule has 0 aliphatic heterocycles. The van der Waals surface area contributed by atoms with Crippen LogP contribution in [0.5, 0.6) is 0 Å². The molecule has 0 aliphatic carbocycles. The minimum Gasteiger partial charge on any atom is -0.342 e. The third-order valence-corrected chi connectivity index (χ3v) is 2.40. The van der Waals surface area contributed by atoms with Crippen LogP contribution in [-0.4, -0.2) is 29.8 Å². The molecule has 0 radical (unpaired) electrons. The molecule has 2 nitrogen and oxygen atoms in total. The number of hydrogen-bond donors (Lipinski definition) is 0. The number of halogens is 1. The number of hydrogen-bond acceptors (Lipinski definition) is 1. The van der Waals surface area contributed by atoms with E-state index in [1.165, 1.54) is 0 Å². The maximum absolute atomic E-state index is 11.7. The van der Waals surface area contributed by atoms with Crippen molar-refractivity contribution >= 4 is 17.5 Å². The van der Waals surface area contributed by atoms with E-state index in [1.54, 1.807) is 0 Å². The van der Waals surface area contributed by atoms with Crippen LogP contribution < -0.4 is 0 Å². The highest BCUT2D eigenvalue weighted by molar-refractivity contribution is 6.18. The molecule has 0 rings (SSSR count). The second-order valence-corrected chi connectivity index (χ2v) is 3.90. The number of carbonyl (C=O) groups is 1. The van der Waals surface area contributed by atoms with E-state index in [9.17, 15) is 4.79 Å². The van der Waals surface area contributed by atoms with Crippen molar-refractivity contribution in [1.82, 2.24) is 4.90 Å². The van der Waals surface area contributed by atoms with Gasteiger partial charge >= 0.3 is 0 Å². The summed E-state index contributed by atoms with van der Waals surface area (Å²) >= 11 is 5.66. The Balaban J connectivity index is 3.84. The lowest BCUT2D eigenvalue weighted by atomic mass is 10.2. The van der Waals surface area contributed by atoms with Crippen molar-refractivity contribution in [3.8, 4) is 0 Å². The predicted octanol–water partition coefficient (Wildman–Crippen LogP) is 3.04. The summed E-state index contributed by atoms with van der Waals surface area (Å²) in [5.74, 6) is 0.808. The Morgan fingerprint density at radius 2 is 1.79 bits per heavy atom. The first-order valence-corrected chi connectivity index (χ1v) is 6.13. The molecule has 0 heterocycles. The zero-order valence-electron chi connectivity index (χ0n) is 9.39. The number of rotatable bonds is 8. The topological polar surface area (TPSA) is 20.3 Å². The van der Waals surface area contributed by atoms with Gasteiger partial charge < -0.3 is 4.90 Å². The van der Waals surface area contributed by atoms with Crippen molar-refractivity contribution in [3.05, 3.63) is 0 Å². The predicted molar refractivity (Wildman–Crippen MR) is 61.7 cm³/mol. The maximum Gasteiger partial charge on any atom is 0.222 e. The molecular formula is C11H22ClNO. The third-order valence-electron chi connectivity index (χ3n) is 2.23. The van der Waals surface area contributed by atoms with E-state index in [4.69, 9.17) is 11.6 Å². The fraction of sp³-hybridized carbons (Fsp3) is 0.909. The number of nitrogens with zero attached hydrogens (tertiary/aromatic N) is 1. The van der Waals surface area contributed by atoms with E-state index >= 15 is 0 Å². The molecule has 0 fully saturated rings. The van der Waals surface area contributed by atoms with Crippen LogP contribution in [0.1, 0.15) is 46.0 Å². The zero-order valence-corrected chi connectivity index (χ0v) is 10.1. The maximum atomic E-state index is 11.7. The highest BCUT2D eigenvalue weighted by Gasteiger charge is 2.10. The van der Waals surface area contributed by atoms with Crippen LogP contribution in [0.25, 0.3) is 0 Å². The molecule has 0 aromatic rings. The molecule has 0 N–H and O–H groups in total. The van der Waals surface area contributed by atoms with Crippen LogP contribution >= 0.6 is 11.6 Å². The summed E-state index contributed by atoms with van der Waals surface area (Å²) in [5.41, 5.74) is 0. The summed E-state index contributed by atoms with van der Waals surface area (Å²) in [6.45, 7) is 5.80. The highest BCUT2D eigenvalue weighted by Crippen LogP contribution is 2.03. The first-order chi connectivity index (χ1) is 6.76. The van der Waals surface area contributed by atoms with Crippen LogP contribution in [-0.2, 0) is 4.79 Å². The van der Waals surface area contributed by atoms with Gasteiger partial charge in [0.05, 0.1) is 0 Å². The molecule has 0 saturated carbocycles. The second-order valence-electron chi connectivity index (χ2n) is 3.53. The smallest absolute Gasteiger partial charge is 0.222 e. The van der Waals surface area contributed by atoms with Gasteiger partial charge in [0.2, 0.25) is 5.91 Å². The van der Waals surface area contributed by atoms with E-state index in [0.29, 0.717) is 18.8 Å². The van der Waals surface area contributed by atoms with Gasteiger partial charge in [0.25, 0.3) is 0 Å². The van der Waals surface area contributed by atoms with Gasteiger partial charge in [-0.05, 0) is 12.8 Å². The van der Waals surface area contributed by atoms with Crippen LogP contribution in [0.2, 0.25) is 0 Å². The van der Waals surface area contributed by atoms with E-state index in [1.807, 2.05) is 4.90 Å². The summed E-state index contributed by atoms with van der Waals surface area (Å²) in [5, 5.41) is 0. The molecule has 0 bridgehead atoms. The first-order valence-electron chi connectivity index (χ1n) is 5.60. The zero-order chi connectivity index (χ0) is 10.8. The van der Waals surface area contributed by atoms with Gasteiger partial charge in [-0.15, -0.1) is 11.6 Å². The normalized spacial score (nSPS) is 10.2. The summed E-state index contributed by atoms with van der Waals surface area (Å²) in [7, 11) is 0. The van der Waals surface area contributed by atoms with Gasteiger partial charge in [-0.3, -0.25) is 4.79 Å². The Labute approximate surface area is 92.6 Å². The van der Waals surface area contributed by atoms with E-state index < -0.39 is 0 Å². The number of alkyl halides is 1. The van der Waals surface area contributed by atoms with E-state index in [0.717, 1.165) is 32.2 Å². The molecular weight excluding hydrogens is 198 g/mol. The van der Waals surface area contributed by atoms with E-state index in [2.05, 4.69) is 13.8 Å². The molecule has 0 unspecified atom stereocenters. The number of amides is 1. The monoisotopic (exact) mass is 219 g/mol. The molecule has 0 aliphatic rings. The summed E-state index contributed by atoms with van der Waals surface area (Å²) < 4.78 is 0. The fourth-order valence-corrected chi connectivity index (χ4v) is 1.50. The lowest BCUT2D eigenvalue weighted by Gasteiger charge is -2.21. The van der Waals surface area contributed by atoms with Gasteiger partial charge in [0.15, 0.2) is 0 Å². The molecule has 1 amide bonds. The Kier molecular flexibility index (Phi) is 9.16. The largest absolute Gasteiger partial charge is 0.342 e. The molecule has 0 atom stereocenters.